The minimum absolute atomic E-state index is 0.246. The van der Waals surface area contributed by atoms with E-state index in [9.17, 15) is 8.78 Å². The van der Waals surface area contributed by atoms with Crippen molar-refractivity contribution in [1.29, 1.82) is 0 Å². The molecule has 10 aromatic rings. The monoisotopic (exact) mass is 776 g/mol. The maximum Gasteiger partial charge on any atom is 0.174 e. The molecule has 10 rings (SSSR count). The summed E-state index contributed by atoms with van der Waals surface area (Å²) in [5.74, 6) is 4.19. The van der Waals surface area contributed by atoms with E-state index in [0.29, 0.717) is 92.7 Å². The smallest absolute Gasteiger partial charge is 0.174 e. The molecule has 58 heavy (non-hydrogen) atoms. The zero-order valence-electron chi connectivity index (χ0n) is 30.3. The van der Waals surface area contributed by atoms with E-state index in [-0.39, 0.29) is 24.8 Å². The molecule has 0 atom stereocenters. The van der Waals surface area contributed by atoms with Crippen LogP contribution in [0.1, 0.15) is 22.9 Å². The van der Waals surface area contributed by atoms with Gasteiger partial charge >= 0.3 is 0 Å². The van der Waals surface area contributed by atoms with Crippen LogP contribution in [-0.4, -0.2) is 49.9 Å². The van der Waals surface area contributed by atoms with Crippen molar-refractivity contribution in [3.8, 4) is 45.8 Å². The molecular formula is C42H30F2N10O4. The summed E-state index contributed by atoms with van der Waals surface area (Å²) in [5.41, 5.74) is 5.89. The average molecular weight is 777 g/mol. The normalized spacial score (nSPS) is 11.6. The summed E-state index contributed by atoms with van der Waals surface area (Å²) in [5, 5.41) is 16.9. The standard InChI is InChI=1S/C42H30F2N10O4/c43-27-5-13-35-37(17-27)47-41(45-35)39-15-11-33(57-39)21-53-19-29(49-51-53)23-55-31-7-1-25(2-8-31)26-3-9-32(10-4-26)56-24-30-20-54(52-50-30)22-34-12-16-40(58-34)42-46-36-14-6-28(44)18-38(36)48-42/h1-20H,21-24H2,(H,45,47)(H,46,48). The lowest BCUT2D eigenvalue weighted by Gasteiger charge is -2.08. The Hall–Kier alpha value is -7.88. The lowest BCUT2D eigenvalue weighted by molar-refractivity contribution is 0.301. The van der Waals surface area contributed by atoms with Crippen LogP contribution in [0.4, 0.5) is 8.78 Å². The van der Waals surface area contributed by atoms with E-state index in [1.165, 1.54) is 24.3 Å². The quantitative estimate of drug-likeness (QED) is 0.116. The van der Waals surface area contributed by atoms with E-state index in [1.807, 2.05) is 72.8 Å². The Morgan fingerprint density at radius 3 is 1.43 bits per heavy atom. The van der Waals surface area contributed by atoms with Gasteiger partial charge in [0, 0.05) is 0 Å². The molecular weight excluding hydrogens is 747 g/mol. The zero-order valence-corrected chi connectivity index (χ0v) is 30.3. The fourth-order valence-corrected chi connectivity index (χ4v) is 6.46. The van der Waals surface area contributed by atoms with Crippen LogP contribution >= 0.6 is 0 Å². The maximum absolute atomic E-state index is 13.6. The second kappa shape index (κ2) is 14.6. The topological polar surface area (TPSA) is 164 Å². The first-order valence-electron chi connectivity index (χ1n) is 18.2. The second-order valence-electron chi connectivity index (χ2n) is 13.5. The molecule has 0 bridgehead atoms. The van der Waals surface area contributed by atoms with Gasteiger partial charge in [-0.1, -0.05) is 34.7 Å². The second-order valence-corrected chi connectivity index (χ2v) is 13.5. The molecule has 6 aromatic heterocycles. The predicted octanol–water partition coefficient (Wildman–Crippen LogP) is 8.34. The summed E-state index contributed by atoms with van der Waals surface area (Å²) in [6.45, 7) is 1.23. The Morgan fingerprint density at radius 1 is 0.534 bits per heavy atom. The fourth-order valence-electron chi connectivity index (χ4n) is 6.46. The minimum Gasteiger partial charge on any atom is -0.487 e. The highest BCUT2D eigenvalue weighted by Crippen LogP contribution is 2.27. The van der Waals surface area contributed by atoms with Gasteiger partial charge < -0.3 is 28.3 Å². The van der Waals surface area contributed by atoms with Crippen LogP contribution in [0, 0.1) is 11.6 Å². The number of nitrogens with one attached hydrogen (secondary N) is 2. The molecule has 0 aliphatic heterocycles. The SMILES string of the molecule is Fc1ccc2nc(-c3ccc(Cn4cc(COc5ccc(-c6ccc(OCc7cn(Cc8ccc(-c9nc%10ccc(F)cc%10[nH]9)o8)nn7)cc6)cc5)nn4)o3)[nH]c2c1. The Balaban J connectivity index is 0.688. The van der Waals surface area contributed by atoms with Gasteiger partial charge in [-0.25, -0.2) is 28.1 Å². The summed E-state index contributed by atoms with van der Waals surface area (Å²) in [7, 11) is 0. The Labute approximate surface area is 326 Å². The Kier molecular flexibility index (Phi) is 8.74. The largest absolute Gasteiger partial charge is 0.487 e. The Morgan fingerprint density at radius 2 is 0.983 bits per heavy atom. The summed E-state index contributed by atoms with van der Waals surface area (Å²) < 4.78 is 54.4. The number of aromatic amines is 2. The van der Waals surface area contributed by atoms with Gasteiger partial charge in [-0.3, -0.25) is 0 Å². The molecule has 4 aromatic carbocycles. The molecule has 0 fully saturated rings. The molecule has 14 nitrogen and oxygen atoms in total. The van der Waals surface area contributed by atoms with Gasteiger partial charge in [0.2, 0.25) is 0 Å². The number of H-pyrrole nitrogens is 2. The highest BCUT2D eigenvalue weighted by atomic mass is 19.1. The summed E-state index contributed by atoms with van der Waals surface area (Å²) >= 11 is 0. The van der Waals surface area contributed by atoms with Crippen molar-refractivity contribution in [3.05, 3.63) is 156 Å². The van der Waals surface area contributed by atoms with E-state index in [1.54, 1.807) is 33.9 Å². The molecule has 0 saturated heterocycles. The lowest BCUT2D eigenvalue weighted by atomic mass is 10.1. The van der Waals surface area contributed by atoms with Crippen LogP contribution in [0.15, 0.2) is 130 Å². The highest BCUT2D eigenvalue weighted by Gasteiger charge is 2.14. The number of rotatable bonds is 13. The number of benzene rings is 4. The molecule has 6 heterocycles. The van der Waals surface area contributed by atoms with Gasteiger partial charge in [-0.15, -0.1) is 10.2 Å². The molecule has 286 valence electrons. The first-order valence-corrected chi connectivity index (χ1v) is 18.2. The van der Waals surface area contributed by atoms with Gasteiger partial charge in [0.15, 0.2) is 23.2 Å². The van der Waals surface area contributed by atoms with E-state index in [0.717, 1.165) is 11.1 Å². The number of hydrogen-bond donors (Lipinski definition) is 2. The van der Waals surface area contributed by atoms with Crippen LogP contribution < -0.4 is 9.47 Å². The molecule has 0 radical (unpaired) electrons. The molecule has 0 spiro atoms. The third-order valence-electron chi connectivity index (χ3n) is 9.30. The van der Waals surface area contributed by atoms with Gasteiger partial charge in [-0.05, 0) is 96.1 Å². The number of imidazole rings is 2. The van der Waals surface area contributed by atoms with Crippen LogP contribution in [0.3, 0.4) is 0 Å². The zero-order chi connectivity index (χ0) is 39.0. The summed E-state index contributed by atoms with van der Waals surface area (Å²) in [4.78, 5) is 15.1. The first-order chi connectivity index (χ1) is 28.4. The summed E-state index contributed by atoms with van der Waals surface area (Å²) in [6, 6.07) is 31.7. The minimum atomic E-state index is -0.334. The third kappa shape index (κ3) is 7.40. The maximum atomic E-state index is 13.6. The van der Waals surface area contributed by atoms with Crippen molar-refractivity contribution < 1.29 is 27.1 Å². The predicted molar refractivity (Wildman–Crippen MR) is 206 cm³/mol. The van der Waals surface area contributed by atoms with Gasteiger partial charge in [0.05, 0.1) is 34.5 Å². The number of aromatic nitrogens is 10. The van der Waals surface area contributed by atoms with Crippen LogP contribution in [0.2, 0.25) is 0 Å². The van der Waals surface area contributed by atoms with Crippen molar-refractivity contribution >= 4 is 22.1 Å². The third-order valence-corrected chi connectivity index (χ3v) is 9.30. The number of nitrogens with zero attached hydrogens (tertiary/aromatic N) is 8. The van der Waals surface area contributed by atoms with Gasteiger partial charge in [0.25, 0.3) is 0 Å². The van der Waals surface area contributed by atoms with Crippen molar-refractivity contribution in [2.75, 3.05) is 0 Å². The van der Waals surface area contributed by atoms with E-state index in [2.05, 4.69) is 40.6 Å². The molecule has 0 aliphatic rings. The lowest BCUT2D eigenvalue weighted by Crippen LogP contribution is -1.99. The molecule has 0 saturated carbocycles. The van der Waals surface area contributed by atoms with E-state index < -0.39 is 0 Å². The van der Waals surface area contributed by atoms with Crippen molar-refractivity contribution in [1.82, 2.24) is 49.9 Å². The van der Waals surface area contributed by atoms with Gasteiger partial charge in [0.1, 0.15) is 72.3 Å². The Bertz CT molecular complexity index is 2810. The summed E-state index contributed by atoms with van der Waals surface area (Å²) in [6.07, 6.45) is 3.61. The van der Waals surface area contributed by atoms with Crippen LogP contribution in [-0.2, 0) is 26.3 Å². The van der Waals surface area contributed by atoms with Gasteiger partial charge in [-0.2, -0.15) is 0 Å². The number of hydrogen-bond acceptors (Lipinski definition) is 10. The van der Waals surface area contributed by atoms with Crippen molar-refractivity contribution in [2.24, 2.45) is 0 Å². The molecule has 16 heteroatoms. The number of fused-ring (bicyclic) bond motifs is 2. The van der Waals surface area contributed by atoms with Crippen molar-refractivity contribution in [2.45, 2.75) is 26.3 Å². The molecule has 2 N–H and O–H groups in total. The van der Waals surface area contributed by atoms with Crippen LogP contribution in [0.5, 0.6) is 11.5 Å². The highest BCUT2D eigenvalue weighted by molar-refractivity contribution is 5.79. The average Bonchev–Trinajstić information content (AvgIpc) is 4.10. The molecule has 0 unspecified atom stereocenters. The number of halogens is 2. The van der Waals surface area contributed by atoms with Crippen molar-refractivity contribution in [3.63, 3.8) is 0 Å². The van der Waals surface area contributed by atoms with Crippen LogP contribution in [0.25, 0.3) is 56.4 Å². The molecule has 0 aliphatic carbocycles. The number of ether oxygens (including phenoxy) is 2. The first kappa shape index (κ1) is 34.6. The van der Waals surface area contributed by atoms with E-state index in [4.69, 9.17) is 18.3 Å². The van der Waals surface area contributed by atoms with E-state index >= 15 is 0 Å². The number of furan rings is 2. The molecule has 0 amide bonds. The fraction of sp³-hybridized carbons (Fsp3) is 0.0952.